The fourth-order valence-electron chi connectivity index (χ4n) is 3.24. The second-order valence-electron chi connectivity index (χ2n) is 8.40. The Balaban J connectivity index is 1.31. The van der Waals surface area contributed by atoms with Crippen LogP contribution < -0.4 is 15.4 Å². The van der Waals surface area contributed by atoms with Gasteiger partial charge in [0.25, 0.3) is 5.91 Å². The number of hydrogen-bond donors (Lipinski definition) is 2. The van der Waals surface area contributed by atoms with Crippen molar-refractivity contribution >= 4 is 46.7 Å². The molecule has 0 saturated carbocycles. The van der Waals surface area contributed by atoms with Crippen molar-refractivity contribution in [3.05, 3.63) is 83.4 Å². The lowest BCUT2D eigenvalue weighted by atomic mass is 10.2. The molecule has 0 aliphatic rings. The first-order valence-corrected chi connectivity index (χ1v) is 12.8. The smallest absolute Gasteiger partial charge is 0.338 e. The van der Waals surface area contributed by atoms with E-state index in [0.717, 1.165) is 6.42 Å². The van der Waals surface area contributed by atoms with E-state index in [-0.39, 0.29) is 25.2 Å². The highest BCUT2D eigenvalue weighted by molar-refractivity contribution is 6.30. The van der Waals surface area contributed by atoms with Gasteiger partial charge in [-0.3, -0.25) is 14.4 Å². The summed E-state index contributed by atoms with van der Waals surface area (Å²) in [7, 11) is 0. The maximum atomic E-state index is 12.2. The summed E-state index contributed by atoms with van der Waals surface area (Å²) in [5.74, 6) is -0.558. The van der Waals surface area contributed by atoms with Crippen LogP contribution in [0.3, 0.4) is 0 Å². The predicted molar refractivity (Wildman–Crippen MR) is 147 cm³/mol. The highest BCUT2D eigenvalue weighted by Crippen LogP contribution is 2.24. The molecule has 0 aliphatic heterocycles. The van der Waals surface area contributed by atoms with E-state index in [2.05, 4.69) is 10.6 Å². The van der Waals surface area contributed by atoms with E-state index in [4.69, 9.17) is 25.8 Å². The highest BCUT2D eigenvalue weighted by atomic mass is 35.5. The molecule has 0 aliphatic carbocycles. The number of carbonyl (C=O) groups excluding carboxylic acids is 4. The van der Waals surface area contributed by atoms with E-state index in [9.17, 15) is 19.2 Å². The van der Waals surface area contributed by atoms with Gasteiger partial charge in [0, 0.05) is 29.2 Å². The number of esters is 2. The largest absolute Gasteiger partial charge is 0.462 e. The standard InChI is InChI=1S/C29H29ClN2O7/c1-2-18-37-29(36)20-6-10-22(11-7-20)32-27(34)19-38-28(35)5-3-4-26(33)31-23-12-16-25(17-13-23)39-24-14-8-21(30)9-15-24/h6-17H,2-5,18-19H2,1H3,(H,31,33)(H,32,34). The lowest BCUT2D eigenvalue weighted by molar-refractivity contribution is -0.147. The Morgan fingerprint density at radius 3 is 1.90 bits per heavy atom. The topological polar surface area (TPSA) is 120 Å². The summed E-state index contributed by atoms with van der Waals surface area (Å²) in [6.45, 7) is 1.77. The fraction of sp³-hybridized carbons (Fsp3) is 0.241. The molecular formula is C29H29ClN2O7. The van der Waals surface area contributed by atoms with Crippen LogP contribution in [0.4, 0.5) is 11.4 Å². The third-order valence-electron chi connectivity index (χ3n) is 5.18. The molecule has 0 saturated heterocycles. The first-order valence-electron chi connectivity index (χ1n) is 12.4. The predicted octanol–water partition coefficient (Wildman–Crippen LogP) is 5.99. The Labute approximate surface area is 231 Å². The Hall–Kier alpha value is -4.37. The summed E-state index contributed by atoms with van der Waals surface area (Å²) in [6, 6.07) is 20.0. The molecule has 204 valence electrons. The molecule has 2 amide bonds. The van der Waals surface area contributed by atoms with Crippen molar-refractivity contribution in [1.29, 1.82) is 0 Å². The number of nitrogens with one attached hydrogen (secondary N) is 2. The maximum absolute atomic E-state index is 12.2. The Morgan fingerprint density at radius 1 is 0.718 bits per heavy atom. The fourth-order valence-corrected chi connectivity index (χ4v) is 3.37. The van der Waals surface area contributed by atoms with Crippen molar-refractivity contribution in [2.45, 2.75) is 32.6 Å². The van der Waals surface area contributed by atoms with Gasteiger partial charge in [-0.2, -0.15) is 0 Å². The number of anilines is 2. The van der Waals surface area contributed by atoms with Gasteiger partial charge in [0.1, 0.15) is 11.5 Å². The van der Waals surface area contributed by atoms with Crippen LogP contribution in [-0.4, -0.2) is 37.0 Å². The third kappa shape index (κ3) is 10.5. The SMILES string of the molecule is CCCOC(=O)c1ccc(NC(=O)COC(=O)CCCC(=O)Nc2ccc(Oc3ccc(Cl)cc3)cc2)cc1. The maximum Gasteiger partial charge on any atom is 0.338 e. The first kappa shape index (κ1) is 29.2. The van der Waals surface area contributed by atoms with Crippen molar-refractivity contribution in [3.63, 3.8) is 0 Å². The van der Waals surface area contributed by atoms with Gasteiger partial charge in [-0.15, -0.1) is 0 Å². The number of benzene rings is 3. The molecule has 0 bridgehead atoms. The Morgan fingerprint density at radius 2 is 1.28 bits per heavy atom. The summed E-state index contributed by atoms with van der Waals surface area (Å²) < 4.78 is 15.7. The monoisotopic (exact) mass is 552 g/mol. The van der Waals surface area contributed by atoms with E-state index in [1.165, 1.54) is 12.1 Å². The number of hydrogen-bond acceptors (Lipinski definition) is 7. The van der Waals surface area contributed by atoms with Crippen LogP contribution in [0, 0.1) is 0 Å². The van der Waals surface area contributed by atoms with Crippen LogP contribution in [0.2, 0.25) is 5.02 Å². The number of amides is 2. The van der Waals surface area contributed by atoms with Crippen molar-refractivity contribution in [1.82, 2.24) is 0 Å². The zero-order chi connectivity index (χ0) is 28.0. The molecule has 3 aromatic rings. The summed E-state index contributed by atoms with van der Waals surface area (Å²) in [5.41, 5.74) is 1.41. The lowest BCUT2D eigenvalue weighted by Gasteiger charge is -2.09. The van der Waals surface area contributed by atoms with E-state index >= 15 is 0 Å². The second kappa shape index (κ2) is 15.1. The molecule has 0 fully saturated rings. The molecule has 3 aromatic carbocycles. The summed E-state index contributed by atoms with van der Waals surface area (Å²) in [5, 5.41) is 5.95. The average Bonchev–Trinajstić information content (AvgIpc) is 2.93. The molecule has 0 spiro atoms. The van der Waals surface area contributed by atoms with Gasteiger partial charge in [-0.05, 0) is 85.6 Å². The molecule has 3 rings (SSSR count). The normalized spacial score (nSPS) is 10.3. The van der Waals surface area contributed by atoms with Gasteiger partial charge in [0.2, 0.25) is 5.91 Å². The molecule has 9 nitrogen and oxygen atoms in total. The van der Waals surface area contributed by atoms with Gasteiger partial charge in [0.05, 0.1) is 12.2 Å². The van der Waals surface area contributed by atoms with Gasteiger partial charge in [-0.25, -0.2) is 4.79 Å². The van der Waals surface area contributed by atoms with Crippen LogP contribution >= 0.6 is 11.6 Å². The van der Waals surface area contributed by atoms with Gasteiger partial charge >= 0.3 is 11.9 Å². The summed E-state index contributed by atoms with van der Waals surface area (Å²) in [4.78, 5) is 48.0. The minimum atomic E-state index is -0.587. The summed E-state index contributed by atoms with van der Waals surface area (Å²) >= 11 is 5.87. The lowest BCUT2D eigenvalue weighted by Crippen LogP contribution is -2.21. The van der Waals surface area contributed by atoms with Gasteiger partial charge in [-0.1, -0.05) is 18.5 Å². The molecule has 0 aromatic heterocycles. The number of carbonyl (C=O) groups is 4. The molecule has 0 atom stereocenters. The minimum absolute atomic E-state index is 0.0108. The van der Waals surface area contributed by atoms with Crippen LogP contribution in [0.15, 0.2) is 72.8 Å². The zero-order valence-corrected chi connectivity index (χ0v) is 22.2. The quantitative estimate of drug-likeness (QED) is 0.250. The molecule has 39 heavy (non-hydrogen) atoms. The zero-order valence-electron chi connectivity index (χ0n) is 21.4. The van der Waals surface area contributed by atoms with E-state index in [1.54, 1.807) is 60.7 Å². The van der Waals surface area contributed by atoms with Crippen LogP contribution in [0.1, 0.15) is 43.0 Å². The van der Waals surface area contributed by atoms with Crippen molar-refractivity contribution in [2.24, 2.45) is 0 Å². The second-order valence-corrected chi connectivity index (χ2v) is 8.84. The Kier molecular flexibility index (Phi) is 11.3. The van der Waals surface area contributed by atoms with E-state index in [0.29, 0.717) is 40.1 Å². The third-order valence-corrected chi connectivity index (χ3v) is 5.43. The highest BCUT2D eigenvalue weighted by Gasteiger charge is 2.11. The molecule has 0 heterocycles. The number of halogens is 1. The van der Waals surface area contributed by atoms with Crippen molar-refractivity contribution in [3.8, 4) is 11.5 Å². The molecule has 0 radical (unpaired) electrons. The minimum Gasteiger partial charge on any atom is -0.462 e. The van der Waals surface area contributed by atoms with Gasteiger partial charge in [0.15, 0.2) is 6.61 Å². The van der Waals surface area contributed by atoms with Crippen LogP contribution in [-0.2, 0) is 23.9 Å². The molecule has 10 heteroatoms. The van der Waals surface area contributed by atoms with E-state index < -0.39 is 24.5 Å². The van der Waals surface area contributed by atoms with Crippen molar-refractivity contribution in [2.75, 3.05) is 23.8 Å². The summed E-state index contributed by atoms with van der Waals surface area (Å²) in [6.07, 6.45) is 1.09. The van der Waals surface area contributed by atoms with E-state index in [1.807, 2.05) is 6.92 Å². The van der Waals surface area contributed by atoms with Gasteiger partial charge < -0.3 is 24.8 Å². The first-order chi connectivity index (χ1) is 18.8. The number of ether oxygens (including phenoxy) is 3. The van der Waals surface area contributed by atoms with Crippen molar-refractivity contribution < 1.29 is 33.4 Å². The van der Waals surface area contributed by atoms with Crippen LogP contribution in [0.5, 0.6) is 11.5 Å². The number of rotatable bonds is 13. The molecule has 2 N–H and O–H groups in total. The average molecular weight is 553 g/mol. The van der Waals surface area contributed by atoms with Crippen LogP contribution in [0.25, 0.3) is 0 Å². The molecular weight excluding hydrogens is 524 g/mol. The molecule has 0 unspecified atom stereocenters. The Bertz CT molecular complexity index is 1260.